The first-order chi connectivity index (χ1) is 8.59. The minimum Gasteiger partial charge on any atom is -0.397 e. The molecule has 1 aliphatic rings. The number of nitrogens with two attached hydrogens (primary N) is 1. The summed E-state index contributed by atoms with van der Waals surface area (Å²) >= 11 is 0. The Balaban J connectivity index is 2.21. The van der Waals surface area contributed by atoms with Crippen LogP contribution in [-0.4, -0.2) is 17.1 Å². The van der Waals surface area contributed by atoms with Crippen LogP contribution >= 0.6 is 0 Å². The fraction of sp³-hybridized carbons (Fsp3) is 0.400. The van der Waals surface area contributed by atoms with Crippen molar-refractivity contribution in [2.75, 3.05) is 17.2 Å². The van der Waals surface area contributed by atoms with E-state index in [0.717, 1.165) is 23.1 Å². The minimum atomic E-state index is 0.221. The predicted octanol–water partition coefficient (Wildman–Crippen LogP) is 3.20. The van der Waals surface area contributed by atoms with Crippen LogP contribution in [0.4, 0.5) is 11.4 Å². The van der Waals surface area contributed by atoms with Crippen LogP contribution in [0.15, 0.2) is 30.5 Å². The van der Waals surface area contributed by atoms with E-state index in [1.54, 1.807) is 6.20 Å². The number of nitrogens with zero attached hydrogens (tertiary/aromatic N) is 2. The molecule has 0 bridgehead atoms. The van der Waals surface area contributed by atoms with E-state index in [9.17, 15) is 0 Å². The van der Waals surface area contributed by atoms with Gasteiger partial charge in [-0.25, -0.2) is 0 Å². The average molecular weight is 241 g/mol. The molecule has 1 saturated heterocycles. The van der Waals surface area contributed by atoms with E-state index < -0.39 is 0 Å². The molecular weight excluding hydrogens is 222 g/mol. The Morgan fingerprint density at radius 3 is 2.83 bits per heavy atom. The highest BCUT2D eigenvalue weighted by atomic mass is 15.2. The third-order valence-electron chi connectivity index (χ3n) is 3.97. The molecule has 1 fully saturated rings. The maximum atomic E-state index is 6.01. The molecule has 0 atom stereocenters. The minimum absolute atomic E-state index is 0.221. The van der Waals surface area contributed by atoms with E-state index in [4.69, 9.17) is 5.73 Å². The van der Waals surface area contributed by atoms with Crippen LogP contribution in [-0.2, 0) is 0 Å². The van der Waals surface area contributed by atoms with Gasteiger partial charge in [-0.05, 0) is 51.0 Å². The van der Waals surface area contributed by atoms with Crippen LogP contribution < -0.4 is 10.6 Å². The maximum Gasteiger partial charge on any atom is 0.0951 e. The molecule has 2 N–H and O–H groups in total. The molecule has 3 nitrogen and oxygen atoms in total. The van der Waals surface area contributed by atoms with Crippen molar-refractivity contribution in [2.24, 2.45) is 0 Å². The van der Waals surface area contributed by atoms with Crippen LogP contribution in [0.2, 0.25) is 0 Å². The SMILES string of the molecule is CC1(C)CCCN1c1ccc(N)c2ncccc12. The van der Waals surface area contributed by atoms with Gasteiger partial charge >= 0.3 is 0 Å². The summed E-state index contributed by atoms with van der Waals surface area (Å²) in [5, 5.41) is 1.16. The molecule has 0 spiro atoms. The fourth-order valence-electron chi connectivity index (χ4n) is 2.97. The second-order valence-corrected chi connectivity index (χ2v) is 5.64. The van der Waals surface area contributed by atoms with Crippen LogP contribution in [0.25, 0.3) is 10.9 Å². The second kappa shape index (κ2) is 3.87. The Hall–Kier alpha value is -1.77. The van der Waals surface area contributed by atoms with Crippen molar-refractivity contribution in [1.82, 2.24) is 4.98 Å². The summed E-state index contributed by atoms with van der Waals surface area (Å²) in [5.41, 5.74) is 9.16. The molecule has 1 aromatic carbocycles. The molecule has 3 rings (SSSR count). The van der Waals surface area contributed by atoms with Gasteiger partial charge in [0.15, 0.2) is 0 Å². The van der Waals surface area contributed by atoms with Gasteiger partial charge in [0, 0.05) is 29.4 Å². The number of rotatable bonds is 1. The van der Waals surface area contributed by atoms with Crippen molar-refractivity contribution in [3.8, 4) is 0 Å². The van der Waals surface area contributed by atoms with Crippen LogP contribution in [0.1, 0.15) is 26.7 Å². The van der Waals surface area contributed by atoms with E-state index in [2.05, 4.69) is 35.9 Å². The van der Waals surface area contributed by atoms with E-state index in [1.807, 2.05) is 12.1 Å². The summed E-state index contributed by atoms with van der Waals surface area (Å²) in [6.07, 6.45) is 4.29. The van der Waals surface area contributed by atoms with Crippen molar-refractivity contribution < 1.29 is 0 Å². The summed E-state index contributed by atoms with van der Waals surface area (Å²) in [7, 11) is 0. The Labute approximate surface area is 108 Å². The third-order valence-corrected chi connectivity index (χ3v) is 3.97. The summed E-state index contributed by atoms with van der Waals surface area (Å²) in [6.45, 7) is 5.72. The standard InChI is InChI=1S/C15H19N3/c1-15(2)8-4-10-18(15)13-7-6-12(16)14-11(13)5-3-9-17-14/h3,5-7,9H,4,8,10,16H2,1-2H3. The summed E-state index contributed by atoms with van der Waals surface area (Å²) < 4.78 is 0. The first kappa shape index (κ1) is 11.3. The molecule has 0 unspecified atom stereocenters. The van der Waals surface area contributed by atoms with E-state index in [0.29, 0.717) is 0 Å². The van der Waals surface area contributed by atoms with Crippen molar-refractivity contribution in [3.63, 3.8) is 0 Å². The molecule has 2 aromatic rings. The van der Waals surface area contributed by atoms with Crippen molar-refractivity contribution in [2.45, 2.75) is 32.2 Å². The number of nitrogen functional groups attached to an aromatic ring is 1. The molecular formula is C15H19N3. The number of aromatic nitrogens is 1. The van der Waals surface area contributed by atoms with Crippen molar-refractivity contribution >= 4 is 22.3 Å². The van der Waals surface area contributed by atoms with E-state index in [-0.39, 0.29) is 5.54 Å². The first-order valence-corrected chi connectivity index (χ1v) is 6.50. The lowest BCUT2D eigenvalue weighted by molar-refractivity contribution is 0.519. The number of pyridine rings is 1. The van der Waals surface area contributed by atoms with Crippen LogP contribution in [0.3, 0.4) is 0 Å². The van der Waals surface area contributed by atoms with Gasteiger partial charge in [-0.15, -0.1) is 0 Å². The monoisotopic (exact) mass is 241 g/mol. The van der Waals surface area contributed by atoms with Gasteiger partial charge in [-0.2, -0.15) is 0 Å². The molecule has 1 aromatic heterocycles. The topological polar surface area (TPSA) is 42.1 Å². The zero-order valence-electron chi connectivity index (χ0n) is 11.0. The quantitative estimate of drug-likeness (QED) is 0.780. The highest BCUT2D eigenvalue weighted by Crippen LogP contribution is 2.38. The predicted molar refractivity (Wildman–Crippen MR) is 76.8 cm³/mol. The lowest BCUT2D eigenvalue weighted by Crippen LogP contribution is -2.38. The number of benzene rings is 1. The fourth-order valence-corrected chi connectivity index (χ4v) is 2.97. The van der Waals surface area contributed by atoms with Crippen molar-refractivity contribution in [3.05, 3.63) is 30.5 Å². The zero-order chi connectivity index (χ0) is 12.8. The largest absolute Gasteiger partial charge is 0.397 e. The smallest absolute Gasteiger partial charge is 0.0951 e. The van der Waals surface area contributed by atoms with Crippen molar-refractivity contribution in [1.29, 1.82) is 0 Å². The lowest BCUT2D eigenvalue weighted by atomic mass is 10.0. The first-order valence-electron chi connectivity index (χ1n) is 6.50. The Kier molecular flexibility index (Phi) is 2.44. The Morgan fingerprint density at radius 1 is 1.28 bits per heavy atom. The van der Waals surface area contributed by atoms with Crippen LogP contribution in [0.5, 0.6) is 0 Å². The molecule has 1 aliphatic heterocycles. The number of hydrogen-bond donors (Lipinski definition) is 1. The zero-order valence-corrected chi connectivity index (χ0v) is 11.0. The Morgan fingerprint density at radius 2 is 2.11 bits per heavy atom. The molecule has 0 aliphatic carbocycles. The van der Waals surface area contributed by atoms with Gasteiger partial charge in [-0.1, -0.05) is 0 Å². The van der Waals surface area contributed by atoms with Gasteiger partial charge in [0.05, 0.1) is 11.2 Å². The van der Waals surface area contributed by atoms with Gasteiger partial charge in [0.1, 0.15) is 0 Å². The molecule has 0 saturated carbocycles. The number of hydrogen-bond acceptors (Lipinski definition) is 3. The van der Waals surface area contributed by atoms with E-state index >= 15 is 0 Å². The lowest BCUT2D eigenvalue weighted by Gasteiger charge is -2.34. The van der Waals surface area contributed by atoms with Gasteiger partial charge in [0.25, 0.3) is 0 Å². The summed E-state index contributed by atoms with van der Waals surface area (Å²) in [6, 6.07) is 8.20. The van der Waals surface area contributed by atoms with Gasteiger partial charge in [0.2, 0.25) is 0 Å². The molecule has 2 heterocycles. The molecule has 18 heavy (non-hydrogen) atoms. The second-order valence-electron chi connectivity index (χ2n) is 5.64. The Bertz CT molecular complexity index is 589. The number of anilines is 2. The summed E-state index contributed by atoms with van der Waals surface area (Å²) in [4.78, 5) is 6.89. The molecule has 94 valence electrons. The highest BCUT2D eigenvalue weighted by Gasteiger charge is 2.32. The molecule has 3 heteroatoms. The molecule has 0 radical (unpaired) electrons. The average Bonchev–Trinajstić information content (AvgIpc) is 2.70. The maximum absolute atomic E-state index is 6.01. The van der Waals surface area contributed by atoms with Crippen LogP contribution in [0, 0.1) is 0 Å². The third kappa shape index (κ3) is 1.62. The summed E-state index contributed by atoms with van der Waals surface area (Å²) in [5.74, 6) is 0. The van der Waals surface area contributed by atoms with Gasteiger partial charge in [-0.3, -0.25) is 4.98 Å². The normalized spacial score (nSPS) is 18.4. The van der Waals surface area contributed by atoms with E-state index in [1.165, 1.54) is 18.5 Å². The highest BCUT2D eigenvalue weighted by molar-refractivity contribution is 5.99. The van der Waals surface area contributed by atoms with Gasteiger partial charge < -0.3 is 10.6 Å². The molecule has 0 amide bonds. The number of fused-ring (bicyclic) bond motifs is 1.